The maximum absolute atomic E-state index is 5.84. The van der Waals surface area contributed by atoms with Crippen molar-refractivity contribution >= 4 is 15.9 Å². The Labute approximate surface area is 109 Å². The molecule has 1 unspecified atom stereocenters. The first-order valence-corrected chi connectivity index (χ1v) is 6.24. The molecule has 0 spiro atoms. The molecule has 1 aromatic carbocycles. The molecule has 2 aromatic rings. The highest BCUT2D eigenvalue weighted by molar-refractivity contribution is 9.10. The molecule has 17 heavy (non-hydrogen) atoms. The van der Waals surface area contributed by atoms with E-state index in [1.165, 1.54) is 5.56 Å². The van der Waals surface area contributed by atoms with Crippen LogP contribution in [0.4, 0.5) is 0 Å². The molecule has 2 rings (SSSR count). The molecule has 0 fully saturated rings. The summed E-state index contributed by atoms with van der Waals surface area (Å²) in [6, 6.07) is 6.02. The lowest BCUT2D eigenvalue weighted by atomic mass is 10.2. The van der Waals surface area contributed by atoms with E-state index in [9.17, 15) is 0 Å². The number of benzene rings is 1. The first kappa shape index (κ1) is 12.3. The number of nitrogens with zero attached hydrogens (tertiary/aromatic N) is 3. The van der Waals surface area contributed by atoms with Crippen LogP contribution in [0, 0.1) is 13.8 Å². The number of nitrogens with two attached hydrogens (primary N) is 1. The number of halogens is 1. The normalized spacial score (nSPS) is 12.8. The molecule has 1 atom stereocenters. The van der Waals surface area contributed by atoms with Crippen molar-refractivity contribution in [3.8, 4) is 5.69 Å². The molecule has 90 valence electrons. The molecule has 0 aliphatic carbocycles. The topological polar surface area (TPSA) is 56.7 Å². The van der Waals surface area contributed by atoms with E-state index in [4.69, 9.17) is 5.73 Å². The van der Waals surface area contributed by atoms with Gasteiger partial charge in [-0.3, -0.25) is 0 Å². The second kappa shape index (κ2) is 4.58. The maximum atomic E-state index is 5.84. The monoisotopic (exact) mass is 294 g/mol. The fourth-order valence-electron chi connectivity index (χ4n) is 1.77. The SMILES string of the molecule is Cc1ccc(-n2nnc(C(C)N)c2C)c(Br)c1. The molecule has 0 aliphatic heterocycles. The molecule has 4 nitrogen and oxygen atoms in total. The van der Waals surface area contributed by atoms with E-state index in [1.807, 2.05) is 30.7 Å². The van der Waals surface area contributed by atoms with Crippen molar-refractivity contribution < 1.29 is 0 Å². The van der Waals surface area contributed by atoms with Gasteiger partial charge in [0.25, 0.3) is 0 Å². The highest BCUT2D eigenvalue weighted by Gasteiger charge is 2.14. The van der Waals surface area contributed by atoms with Gasteiger partial charge in [-0.1, -0.05) is 11.3 Å². The van der Waals surface area contributed by atoms with Crippen LogP contribution in [0.3, 0.4) is 0 Å². The zero-order chi connectivity index (χ0) is 12.6. The fraction of sp³-hybridized carbons (Fsp3) is 0.333. The Bertz CT molecular complexity index is 545. The fourth-order valence-corrected chi connectivity index (χ4v) is 2.44. The molecule has 0 saturated heterocycles. The lowest BCUT2D eigenvalue weighted by Gasteiger charge is -2.08. The van der Waals surface area contributed by atoms with Crippen LogP contribution in [-0.4, -0.2) is 15.0 Å². The largest absolute Gasteiger partial charge is 0.323 e. The van der Waals surface area contributed by atoms with Crippen LogP contribution < -0.4 is 5.73 Å². The summed E-state index contributed by atoms with van der Waals surface area (Å²) < 4.78 is 2.81. The first-order valence-electron chi connectivity index (χ1n) is 5.45. The minimum absolute atomic E-state index is 0.104. The second-order valence-corrected chi connectivity index (χ2v) is 5.07. The van der Waals surface area contributed by atoms with Crippen LogP contribution in [0.1, 0.15) is 29.9 Å². The van der Waals surface area contributed by atoms with E-state index in [1.54, 1.807) is 0 Å². The molecule has 1 aromatic heterocycles. The zero-order valence-corrected chi connectivity index (χ0v) is 11.7. The lowest BCUT2D eigenvalue weighted by Crippen LogP contribution is -2.08. The van der Waals surface area contributed by atoms with Crippen LogP contribution >= 0.6 is 15.9 Å². The Morgan fingerprint density at radius 1 is 1.35 bits per heavy atom. The van der Waals surface area contributed by atoms with Crippen LogP contribution in [0.15, 0.2) is 22.7 Å². The summed E-state index contributed by atoms with van der Waals surface area (Å²) in [4.78, 5) is 0. The maximum Gasteiger partial charge on any atom is 0.102 e. The summed E-state index contributed by atoms with van der Waals surface area (Å²) in [5, 5.41) is 8.28. The van der Waals surface area contributed by atoms with Crippen LogP contribution in [0.25, 0.3) is 5.69 Å². The van der Waals surface area contributed by atoms with Gasteiger partial charge >= 0.3 is 0 Å². The third kappa shape index (κ3) is 2.25. The van der Waals surface area contributed by atoms with Gasteiger partial charge in [0.1, 0.15) is 5.69 Å². The van der Waals surface area contributed by atoms with Crippen molar-refractivity contribution in [3.63, 3.8) is 0 Å². The number of aromatic nitrogens is 3. The van der Waals surface area contributed by atoms with Crippen molar-refractivity contribution in [1.29, 1.82) is 0 Å². The predicted octanol–water partition coefficient (Wildman–Crippen LogP) is 2.67. The number of rotatable bonds is 2. The van der Waals surface area contributed by atoms with E-state index in [-0.39, 0.29) is 6.04 Å². The highest BCUT2D eigenvalue weighted by atomic mass is 79.9. The van der Waals surface area contributed by atoms with E-state index in [0.717, 1.165) is 21.5 Å². The van der Waals surface area contributed by atoms with Gasteiger partial charge < -0.3 is 5.73 Å². The third-order valence-corrected chi connectivity index (χ3v) is 3.33. The molecular weight excluding hydrogens is 280 g/mol. The second-order valence-electron chi connectivity index (χ2n) is 4.22. The van der Waals surface area contributed by atoms with Crippen molar-refractivity contribution in [2.24, 2.45) is 5.73 Å². The van der Waals surface area contributed by atoms with E-state index in [0.29, 0.717) is 0 Å². The summed E-state index contributed by atoms with van der Waals surface area (Å²) in [5.74, 6) is 0. The Balaban J connectivity index is 2.54. The van der Waals surface area contributed by atoms with Gasteiger partial charge in [-0.05, 0) is 54.4 Å². The van der Waals surface area contributed by atoms with Gasteiger partial charge in [0.15, 0.2) is 0 Å². The quantitative estimate of drug-likeness (QED) is 0.926. The van der Waals surface area contributed by atoms with Crippen LogP contribution in [0.5, 0.6) is 0 Å². The van der Waals surface area contributed by atoms with Crippen LogP contribution in [0.2, 0.25) is 0 Å². The van der Waals surface area contributed by atoms with Gasteiger partial charge in [0.2, 0.25) is 0 Å². The summed E-state index contributed by atoms with van der Waals surface area (Å²) in [7, 11) is 0. The number of aryl methyl sites for hydroxylation is 1. The van der Waals surface area contributed by atoms with Gasteiger partial charge in [0.05, 0.1) is 11.4 Å². The van der Waals surface area contributed by atoms with Gasteiger partial charge in [-0.25, -0.2) is 4.68 Å². The van der Waals surface area contributed by atoms with Crippen molar-refractivity contribution in [1.82, 2.24) is 15.0 Å². The van der Waals surface area contributed by atoms with Gasteiger partial charge in [-0.15, -0.1) is 5.10 Å². The summed E-state index contributed by atoms with van der Waals surface area (Å²) in [5.41, 5.74) is 9.83. The lowest BCUT2D eigenvalue weighted by molar-refractivity contribution is 0.756. The minimum atomic E-state index is -0.104. The Morgan fingerprint density at radius 2 is 2.06 bits per heavy atom. The highest BCUT2D eigenvalue weighted by Crippen LogP contribution is 2.24. The van der Waals surface area contributed by atoms with Crippen LogP contribution in [-0.2, 0) is 0 Å². The predicted molar refractivity (Wildman–Crippen MR) is 71.1 cm³/mol. The Kier molecular flexibility index (Phi) is 3.31. The smallest absolute Gasteiger partial charge is 0.102 e. The molecule has 2 N–H and O–H groups in total. The average molecular weight is 295 g/mol. The molecule has 0 aliphatic rings. The minimum Gasteiger partial charge on any atom is -0.323 e. The molecule has 1 heterocycles. The van der Waals surface area contributed by atoms with E-state index < -0.39 is 0 Å². The van der Waals surface area contributed by atoms with Gasteiger partial charge in [0, 0.05) is 10.5 Å². The summed E-state index contributed by atoms with van der Waals surface area (Å²) in [6.07, 6.45) is 0. The van der Waals surface area contributed by atoms with E-state index >= 15 is 0 Å². The molecule has 5 heteroatoms. The van der Waals surface area contributed by atoms with Gasteiger partial charge in [-0.2, -0.15) is 0 Å². The number of hydrogen-bond donors (Lipinski definition) is 1. The summed E-state index contributed by atoms with van der Waals surface area (Å²) in [6.45, 7) is 5.94. The third-order valence-electron chi connectivity index (χ3n) is 2.69. The molecule has 0 saturated carbocycles. The molecule has 0 amide bonds. The molecule has 0 radical (unpaired) electrons. The first-order chi connectivity index (χ1) is 8.00. The van der Waals surface area contributed by atoms with E-state index in [2.05, 4.69) is 39.2 Å². The Hall–Kier alpha value is -1.20. The average Bonchev–Trinajstić information content (AvgIpc) is 2.60. The molecule has 0 bridgehead atoms. The van der Waals surface area contributed by atoms with Crippen molar-refractivity contribution in [3.05, 3.63) is 39.6 Å². The summed E-state index contributed by atoms with van der Waals surface area (Å²) >= 11 is 3.54. The zero-order valence-electron chi connectivity index (χ0n) is 10.1. The number of hydrogen-bond acceptors (Lipinski definition) is 3. The standard InChI is InChI=1S/C12H15BrN4/c1-7-4-5-11(10(13)6-7)17-9(3)12(8(2)14)15-16-17/h4-6,8H,14H2,1-3H3. The molecular formula is C12H15BrN4. The van der Waals surface area contributed by atoms with Crippen molar-refractivity contribution in [2.45, 2.75) is 26.8 Å². The Morgan fingerprint density at radius 3 is 2.59 bits per heavy atom. The van der Waals surface area contributed by atoms with Crippen molar-refractivity contribution in [2.75, 3.05) is 0 Å².